The van der Waals surface area contributed by atoms with Crippen molar-refractivity contribution in [3.05, 3.63) is 17.2 Å². The third-order valence-corrected chi connectivity index (χ3v) is 4.89. The van der Waals surface area contributed by atoms with Gasteiger partial charge in [0.15, 0.2) is 0 Å². The molecule has 0 saturated heterocycles. The summed E-state index contributed by atoms with van der Waals surface area (Å²) in [6.45, 7) is 10.1. The Morgan fingerprint density at radius 1 is 1.25 bits per heavy atom. The van der Waals surface area contributed by atoms with E-state index in [0.29, 0.717) is 0 Å². The fourth-order valence-corrected chi connectivity index (χ4v) is 3.79. The minimum Gasteiger partial charge on any atom is -0.331 e. The Hall–Kier alpha value is -0.830. The number of rotatable bonds is 3. The van der Waals surface area contributed by atoms with Crippen molar-refractivity contribution < 1.29 is 0 Å². The summed E-state index contributed by atoms with van der Waals surface area (Å²) in [5.74, 6) is 2.26. The number of hydrogen-bond acceptors (Lipinski definition) is 2. The van der Waals surface area contributed by atoms with Gasteiger partial charge in [0.1, 0.15) is 5.82 Å². The average Bonchev–Trinajstić information content (AvgIpc) is 3.03. The van der Waals surface area contributed by atoms with Crippen LogP contribution >= 0.6 is 0 Å². The molecular weight excluding hydrogens is 246 g/mol. The van der Waals surface area contributed by atoms with E-state index in [-0.39, 0.29) is 5.41 Å². The zero-order valence-corrected chi connectivity index (χ0v) is 13.3. The number of fused-ring (bicyclic) bond motifs is 1. The molecule has 1 aliphatic heterocycles. The molecule has 0 unspecified atom stereocenters. The van der Waals surface area contributed by atoms with Crippen LogP contribution in [-0.2, 0) is 24.9 Å². The van der Waals surface area contributed by atoms with Crippen molar-refractivity contribution in [2.75, 3.05) is 6.54 Å². The number of aromatic nitrogens is 2. The maximum absolute atomic E-state index is 4.97. The van der Waals surface area contributed by atoms with Gasteiger partial charge in [-0.3, -0.25) is 0 Å². The van der Waals surface area contributed by atoms with E-state index >= 15 is 0 Å². The first-order chi connectivity index (χ1) is 9.55. The van der Waals surface area contributed by atoms with Gasteiger partial charge < -0.3 is 9.88 Å². The van der Waals surface area contributed by atoms with Gasteiger partial charge in [-0.1, -0.05) is 46.5 Å². The summed E-state index contributed by atoms with van der Waals surface area (Å²) in [4.78, 5) is 4.97. The zero-order valence-electron chi connectivity index (χ0n) is 13.3. The average molecular weight is 275 g/mol. The Balaban J connectivity index is 1.84. The van der Waals surface area contributed by atoms with Crippen LogP contribution in [-0.4, -0.2) is 16.1 Å². The third kappa shape index (κ3) is 2.78. The van der Waals surface area contributed by atoms with Crippen LogP contribution in [0.5, 0.6) is 0 Å². The molecule has 1 fully saturated rings. The Morgan fingerprint density at radius 2 is 2.00 bits per heavy atom. The zero-order chi connectivity index (χ0) is 14.2. The highest BCUT2D eigenvalue weighted by atomic mass is 15.1. The van der Waals surface area contributed by atoms with Crippen LogP contribution in [0.15, 0.2) is 0 Å². The topological polar surface area (TPSA) is 29.9 Å². The number of nitrogens with zero attached hydrogens (tertiary/aromatic N) is 2. The summed E-state index contributed by atoms with van der Waals surface area (Å²) in [5, 5.41) is 3.45. The first kappa shape index (κ1) is 14.1. The summed E-state index contributed by atoms with van der Waals surface area (Å²) >= 11 is 0. The fourth-order valence-electron chi connectivity index (χ4n) is 3.79. The van der Waals surface area contributed by atoms with Crippen LogP contribution in [0.3, 0.4) is 0 Å². The molecule has 0 amide bonds. The second-order valence-corrected chi connectivity index (χ2v) is 7.60. The lowest BCUT2D eigenvalue weighted by Crippen LogP contribution is -2.26. The van der Waals surface area contributed by atoms with Crippen LogP contribution in [0.25, 0.3) is 0 Å². The monoisotopic (exact) mass is 275 g/mol. The molecule has 0 spiro atoms. The maximum atomic E-state index is 4.97. The standard InChI is InChI=1S/C17H29N3/c1-17(2,3)16-19-14-12-18-10-8-15(14)20(16)11-9-13-6-4-5-7-13/h13,18H,4-12H2,1-3H3. The van der Waals surface area contributed by atoms with Crippen molar-refractivity contribution in [1.29, 1.82) is 0 Å². The minimum absolute atomic E-state index is 0.146. The van der Waals surface area contributed by atoms with Gasteiger partial charge in [-0.2, -0.15) is 0 Å². The van der Waals surface area contributed by atoms with Gasteiger partial charge >= 0.3 is 0 Å². The molecule has 1 aliphatic carbocycles. The Morgan fingerprint density at radius 3 is 2.70 bits per heavy atom. The number of hydrogen-bond donors (Lipinski definition) is 1. The van der Waals surface area contributed by atoms with Crippen LogP contribution in [0.4, 0.5) is 0 Å². The predicted octanol–water partition coefficient (Wildman–Crippen LogP) is 3.41. The van der Waals surface area contributed by atoms with Gasteiger partial charge in [0, 0.05) is 37.2 Å². The summed E-state index contributed by atoms with van der Waals surface area (Å²) in [7, 11) is 0. The fraction of sp³-hybridized carbons (Fsp3) is 0.824. The van der Waals surface area contributed by atoms with Crippen LogP contribution in [0.1, 0.15) is 70.1 Å². The van der Waals surface area contributed by atoms with Crippen molar-refractivity contribution in [1.82, 2.24) is 14.9 Å². The quantitative estimate of drug-likeness (QED) is 0.916. The molecule has 2 aliphatic rings. The SMILES string of the molecule is CC(C)(C)c1nc2c(n1CCC1CCCC1)CCNC2. The number of nitrogens with one attached hydrogen (secondary N) is 1. The summed E-state index contributed by atoms with van der Waals surface area (Å²) in [6.07, 6.45) is 8.28. The molecule has 0 atom stereocenters. The molecule has 1 aromatic heterocycles. The van der Waals surface area contributed by atoms with Crippen molar-refractivity contribution >= 4 is 0 Å². The van der Waals surface area contributed by atoms with E-state index in [9.17, 15) is 0 Å². The minimum atomic E-state index is 0.146. The van der Waals surface area contributed by atoms with E-state index < -0.39 is 0 Å². The molecule has 1 N–H and O–H groups in total. The Labute approximate surface area is 123 Å². The van der Waals surface area contributed by atoms with E-state index in [1.807, 2.05) is 0 Å². The van der Waals surface area contributed by atoms with Crippen molar-refractivity contribution in [3.8, 4) is 0 Å². The van der Waals surface area contributed by atoms with Gasteiger partial charge in [-0.05, 0) is 12.3 Å². The van der Waals surface area contributed by atoms with E-state index in [0.717, 1.165) is 25.4 Å². The van der Waals surface area contributed by atoms with E-state index in [1.165, 1.54) is 55.9 Å². The Bertz CT molecular complexity index is 461. The van der Waals surface area contributed by atoms with Gasteiger partial charge in [-0.25, -0.2) is 4.98 Å². The molecule has 20 heavy (non-hydrogen) atoms. The van der Waals surface area contributed by atoms with Crippen molar-refractivity contribution in [2.24, 2.45) is 5.92 Å². The second kappa shape index (κ2) is 5.51. The normalized spacial score (nSPS) is 20.4. The number of imidazole rings is 1. The van der Waals surface area contributed by atoms with Crippen molar-refractivity contribution in [2.45, 2.75) is 77.8 Å². The molecule has 0 aromatic carbocycles. The second-order valence-electron chi connectivity index (χ2n) is 7.60. The molecule has 0 radical (unpaired) electrons. The lowest BCUT2D eigenvalue weighted by atomic mass is 9.95. The highest BCUT2D eigenvalue weighted by Crippen LogP contribution is 2.31. The van der Waals surface area contributed by atoms with Gasteiger partial charge in [0.25, 0.3) is 0 Å². The third-order valence-electron chi connectivity index (χ3n) is 4.89. The molecule has 0 bridgehead atoms. The molecule has 1 saturated carbocycles. The summed E-state index contributed by atoms with van der Waals surface area (Å²) < 4.78 is 2.56. The lowest BCUT2D eigenvalue weighted by Gasteiger charge is -2.23. The van der Waals surface area contributed by atoms with Crippen LogP contribution in [0.2, 0.25) is 0 Å². The predicted molar refractivity (Wildman–Crippen MR) is 82.9 cm³/mol. The van der Waals surface area contributed by atoms with Crippen LogP contribution in [0, 0.1) is 5.92 Å². The highest BCUT2D eigenvalue weighted by Gasteiger charge is 2.27. The molecule has 3 rings (SSSR count). The smallest absolute Gasteiger partial charge is 0.114 e. The van der Waals surface area contributed by atoms with E-state index in [1.54, 1.807) is 0 Å². The van der Waals surface area contributed by atoms with E-state index in [2.05, 4.69) is 30.7 Å². The largest absolute Gasteiger partial charge is 0.331 e. The molecule has 112 valence electrons. The van der Waals surface area contributed by atoms with Gasteiger partial charge in [0.2, 0.25) is 0 Å². The molecule has 3 heteroatoms. The Kier molecular flexibility index (Phi) is 3.89. The van der Waals surface area contributed by atoms with Gasteiger partial charge in [-0.15, -0.1) is 0 Å². The first-order valence-corrected chi connectivity index (χ1v) is 8.35. The highest BCUT2D eigenvalue weighted by molar-refractivity contribution is 5.23. The molecule has 3 nitrogen and oxygen atoms in total. The van der Waals surface area contributed by atoms with Gasteiger partial charge in [0.05, 0.1) is 5.69 Å². The molecular formula is C17H29N3. The van der Waals surface area contributed by atoms with E-state index in [4.69, 9.17) is 4.98 Å². The van der Waals surface area contributed by atoms with Crippen LogP contribution < -0.4 is 5.32 Å². The summed E-state index contributed by atoms with van der Waals surface area (Å²) in [6, 6.07) is 0. The maximum Gasteiger partial charge on any atom is 0.114 e. The molecule has 2 heterocycles. The summed E-state index contributed by atoms with van der Waals surface area (Å²) in [5.41, 5.74) is 2.95. The lowest BCUT2D eigenvalue weighted by molar-refractivity contribution is 0.420. The van der Waals surface area contributed by atoms with Crippen molar-refractivity contribution in [3.63, 3.8) is 0 Å². The first-order valence-electron chi connectivity index (χ1n) is 8.35. The molecule has 1 aromatic rings.